The van der Waals surface area contributed by atoms with Gasteiger partial charge in [-0.1, -0.05) is 11.8 Å². The lowest BCUT2D eigenvalue weighted by Crippen LogP contribution is -2.47. The summed E-state index contributed by atoms with van der Waals surface area (Å²) in [7, 11) is 0. The molecule has 0 bridgehead atoms. The number of rotatable bonds is 7. The van der Waals surface area contributed by atoms with Gasteiger partial charge in [-0.3, -0.25) is 9.59 Å². The van der Waals surface area contributed by atoms with Crippen LogP contribution in [0.1, 0.15) is 19.8 Å². The van der Waals surface area contributed by atoms with Gasteiger partial charge >= 0.3 is 5.97 Å². The van der Waals surface area contributed by atoms with Crippen molar-refractivity contribution in [3.8, 4) is 6.07 Å². The average Bonchev–Trinajstić information content (AvgIpc) is 3.19. The zero-order valence-corrected chi connectivity index (χ0v) is 12.1. The second-order valence-corrected chi connectivity index (χ2v) is 5.88. The number of hydrogen-bond donors (Lipinski definition) is 2. The topological polar surface area (TPSA) is 134 Å². The summed E-state index contributed by atoms with van der Waals surface area (Å²) in [6, 6.07) is 2.14. The average molecular weight is 310 g/mol. The van der Waals surface area contributed by atoms with Crippen LogP contribution in [0.4, 0.5) is 0 Å². The summed E-state index contributed by atoms with van der Waals surface area (Å²) in [6.07, 6.45) is 1.88. The maximum atomic E-state index is 11.9. The molecule has 2 N–H and O–H groups in total. The number of tetrazole rings is 1. The molecule has 112 valence electrons. The highest BCUT2D eigenvalue weighted by atomic mass is 32.2. The quantitative estimate of drug-likeness (QED) is 0.653. The third-order valence-electron chi connectivity index (χ3n) is 3.14. The number of carbonyl (C=O) groups is 2. The Morgan fingerprint density at radius 3 is 2.90 bits per heavy atom. The van der Waals surface area contributed by atoms with Gasteiger partial charge in [-0.15, -0.1) is 5.10 Å². The number of amides is 1. The van der Waals surface area contributed by atoms with Crippen LogP contribution in [0.25, 0.3) is 0 Å². The molecule has 1 aromatic heterocycles. The smallest absolute Gasteiger partial charge is 0.325 e. The number of hydrogen-bond acceptors (Lipinski definition) is 7. The van der Waals surface area contributed by atoms with E-state index >= 15 is 0 Å². The van der Waals surface area contributed by atoms with Crippen LogP contribution < -0.4 is 5.32 Å². The van der Waals surface area contributed by atoms with E-state index in [1.54, 1.807) is 6.92 Å². The molecular formula is C11H14N6O3S. The number of nitrogens with zero attached hydrogens (tertiary/aromatic N) is 5. The van der Waals surface area contributed by atoms with Crippen LogP contribution in [0.3, 0.4) is 0 Å². The van der Waals surface area contributed by atoms with Gasteiger partial charge in [0.1, 0.15) is 12.1 Å². The van der Waals surface area contributed by atoms with E-state index < -0.39 is 11.5 Å². The molecule has 1 unspecified atom stereocenters. The summed E-state index contributed by atoms with van der Waals surface area (Å²) in [5.41, 5.74) is -0.843. The lowest BCUT2D eigenvalue weighted by Gasteiger charge is -2.22. The number of aliphatic carboxylic acids is 1. The molecule has 1 amide bonds. The van der Waals surface area contributed by atoms with Crippen molar-refractivity contribution in [1.29, 1.82) is 5.26 Å². The predicted molar refractivity (Wildman–Crippen MR) is 71.1 cm³/mol. The van der Waals surface area contributed by atoms with Crippen molar-refractivity contribution in [1.82, 2.24) is 25.5 Å². The molecule has 1 aromatic rings. The molecule has 1 fully saturated rings. The van der Waals surface area contributed by atoms with Crippen LogP contribution >= 0.6 is 11.8 Å². The molecule has 1 aliphatic rings. The SMILES string of the molecule is CC(C#N)(NC(=O)CSc1nnnn1CC(=O)O)C1CC1. The van der Waals surface area contributed by atoms with Gasteiger partial charge in [0.25, 0.3) is 0 Å². The molecule has 1 aliphatic carbocycles. The van der Waals surface area contributed by atoms with Gasteiger partial charge in [-0.05, 0) is 36.1 Å². The summed E-state index contributed by atoms with van der Waals surface area (Å²) in [6.45, 7) is 1.34. The standard InChI is InChI=1S/C11H14N6O3S/c1-11(6-12,7-2-3-7)13-8(18)5-21-10-14-15-16-17(10)4-9(19)20/h7H,2-5H2,1H3,(H,13,18)(H,19,20). The minimum Gasteiger partial charge on any atom is -0.480 e. The minimum atomic E-state index is -1.07. The molecule has 0 aromatic carbocycles. The highest BCUT2D eigenvalue weighted by Crippen LogP contribution is 2.39. The van der Waals surface area contributed by atoms with Crippen molar-refractivity contribution in [3.63, 3.8) is 0 Å². The summed E-state index contributed by atoms with van der Waals surface area (Å²) < 4.78 is 1.10. The Kier molecular flexibility index (Phi) is 4.42. The van der Waals surface area contributed by atoms with E-state index in [1.807, 2.05) is 0 Å². The van der Waals surface area contributed by atoms with E-state index in [0.29, 0.717) is 0 Å². The third kappa shape index (κ3) is 3.91. The molecule has 0 aliphatic heterocycles. The van der Waals surface area contributed by atoms with Crippen LogP contribution in [0.5, 0.6) is 0 Å². The van der Waals surface area contributed by atoms with Crippen LogP contribution in [-0.2, 0) is 16.1 Å². The molecular weight excluding hydrogens is 296 g/mol. The van der Waals surface area contributed by atoms with Gasteiger partial charge in [0.2, 0.25) is 11.1 Å². The number of aromatic nitrogens is 4. The van der Waals surface area contributed by atoms with Gasteiger partial charge in [-0.2, -0.15) is 5.26 Å². The molecule has 10 heteroatoms. The molecule has 21 heavy (non-hydrogen) atoms. The fraction of sp³-hybridized carbons (Fsp3) is 0.636. The van der Waals surface area contributed by atoms with Gasteiger partial charge in [0.05, 0.1) is 11.8 Å². The minimum absolute atomic E-state index is 0.0178. The Hall–Kier alpha value is -2.15. The molecule has 0 spiro atoms. The normalized spacial score (nSPS) is 16.8. The molecule has 0 saturated heterocycles. The third-order valence-corrected chi connectivity index (χ3v) is 4.10. The van der Waals surface area contributed by atoms with Crippen LogP contribution in [0.15, 0.2) is 5.16 Å². The van der Waals surface area contributed by atoms with Crippen molar-refractivity contribution in [3.05, 3.63) is 0 Å². The Morgan fingerprint density at radius 1 is 1.62 bits per heavy atom. The first kappa shape index (κ1) is 15.2. The van der Waals surface area contributed by atoms with E-state index in [0.717, 1.165) is 29.3 Å². The summed E-state index contributed by atoms with van der Waals surface area (Å²) in [4.78, 5) is 22.5. The van der Waals surface area contributed by atoms with Crippen LogP contribution in [0, 0.1) is 17.2 Å². The molecule has 1 atom stereocenters. The highest BCUT2D eigenvalue weighted by molar-refractivity contribution is 7.99. The molecule has 9 nitrogen and oxygen atoms in total. The zero-order chi connectivity index (χ0) is 15.5. The fourth-order valence-electron chi connectivity index (χ4n) is 1.86. The van der Waals surface area contributed by atoms with Gasteiger partial charge in [-0.25, -0.2) is 4.68 Å². The fourth-order valence-corrected chi connectivity index (χ4v) is 2.54. The molecule has 1 heterocycles. The Labute approximate surface area is 124 Å². The molecule has 0 radical (unpaired) electrons. The van der Waals surface area contributed by atoms with E-state index in [9.17, 15) is 9.59 Å². The Morgan fingerprint density at radius 2 is 2.33 bits per heavy atom. The monoisotopic (exact) mass is 310 g/mol. The Balaban J connectivity index is 1.88. The van der Waals surface area contributed by atoms with E-state index in [1.165, 1.54) is 0 Å². The first-order valence-electron chi connectivity index (χ1n) is 6.27. The lowest BCUT2D eigenvalue weighted by atomic mass is 9.98. The number of thioether (sulfide) groups is 1. The number of nitriles is 1. The van der Waals surface area contributed by atoms with Gasteiger partial charge in [0, 0.05) is 0 Å². The van der Waals surface area contributed by atoms with Crippen molar-refractivity contribution in [2.45, 2.75) is 37.0 Å². The zero-order valence-electron chi connectivity index (χ0n) is 11.3. The van der Waals surface area contributed by atoms with Gasteiger partial charge in [0.15, 0.2) is 0 Å². The maximum Gasteiger partial charge on any atom is 0.325 e. The van der Waals surface area contributed by atoms with E-state index in [4.69, 9.17) is 10.4 Å². The summed E-state index contributed by atoms with van der Waals surface area (Å²) in [5.74, 6) is -1.15. The summed E-state index contributed by atoms with van der Waals surface area (Å²) in [5, 5.41) is 31.4. The van der Waals surface area contributed by atoms with E-state index in [2.05, 4.69) is 26.9 Å². The van der Waals surface area contributed by atoms with Gasteiger partial charge < -0.3 is 10.4 Å². The van der Waals surface area contributed by atoms with Crippen molar-refractivity contribution in [2.24, 2.45) is 5.92 Å². The number of carbonyl (C=O) groups excluding carboxylic acids is 1. The maximum absolute atomic E-state index is 11.9. The number of carboxylic acid groups (broad SMARTS) is 1. The first-order valence-corrected chi connectivity index (χ1v) is 7.26. The number of nitrogens with one attached hydrogen (secondary N) is 1. The molecule has 1 saturated carbocycles. The summed E-state index contributed by atoms with van der Waals surface area (Å²) >= 11 is 1.03. The lowest BCUT2D eigenvalue weighted by molar-refractivity contribution is -0.138. The van der Waals surface area contributed by atoms with E-state index in [-0.39, 0.29) is 29.3 Å². The second-order valence-electron chi connectivity index (χ2n) is 4.94. The first-order chi connectivity index (χ1) is 9.94. The van der Waals surface area contributed by atoms with Crippen molar-refractivity contribution < 1.29 is 14.7 Å². The Bertz CT molecular complexity index is 593. The molecule has 2 rings (SSSR count). The van der Waals surface area contributed by atoms with Crippen molar-refractivity contribution >= 4 is 23.6 Å². The number of carboxylic acids is 1. The van der Waals surface area contributed by atoms with Crippen LogP contribution in [-0.4, -0.2) is 48.5 Å². The second kappa shape index (κ2) is 6.09. The predicted octanol–water partition coefficient (Wildman–Crippen LogP) is -0.342. The van der Waals surface area contributed by atoms with Crippen LogP contribution in [0.2, 0.25) is 0 Å². The largest absolute Gasteiger partial charge is 0.480 e. The highest BCUT2D eigenvalue weighted by Gasteiger charge is 2.42. The van der Waals surface area contributed by atoms with Crippen molar-refractivity contribution in [2.75, 3.05) is 5.75 Å².